The molecule has 1 aromatic carbocycles. The van der Waals surface area contributed by atoms with Crippen molar-refractivity contribution >= 4 is 29.9 Å². The van der Waals surface area contributed by atoms with Gasteiger partial charge in [-0.3, -0.25) is 4.99 Å². The highest BCUT2D eigenvalue weighted by Crippen LogP contribution is 2.28. The van der Waals surface area contributed by atoms with E-state index in [-0.39, 0.29) is 24.0 Å². The zero-order valence-electron chi connectivity index (χ0n) is 18.4. The molecule has 0 amide bonds. The normalized spacial score (nSPS) is 19.2. The molecule has 2 heterocycles. The maximum Gasteiger partial charge on any atom is 0.193 e. The number of imidazole rings is 1. The monoisotopic (exact) mass is 527 g/mol. The second kappa shape index (κ2) is 12.0. The lowest BCUT2D eigenvalue weighted by Crippen LogP contribution is -2.49. The second-order valence-corrected chi connectivity index (χ2v) is 7.46. The third-order valence-electron chi connectivity index (χ3n) is 5.57. The van der Waals surface area contributed by atoms with Crippen molar-refractivity contribution in [3.8, 4) is 11.5 Å². The summed E-state index contributed by atoms with van der Waals surface area (Å²) in [5.41, 5.74) is 1.19. The molecule has 8 heteroatoms. The molecule has 0 aliphatic carbocycles. The first kappa shape index (κ1) is 24.3. The molecule has 1 fully saturated rings. The Morgan fingerprint density at radius 2 is 2.07 bits per heavy atom. The van der Waals surface area contributed by atoms with Crippen LogP contribution in [-0.2, 0) is 6.42 Å². The fourth-order valence-corrected chi connectivity index (χ4v) is 3.85. The highest BCUT2D eigenvalue weighted by Gasteiger charge is 2.28. The van der Waals surface area contributed by atoms with Gasteiger partial charge in [0.25, 0.3) is 0 Å². The third kappa shape index (κ3) is 6.02. The van der Waals surface area contributed by atoms with E-state index in [0.29, 0.717) is 12.0 Å². The summed E-state index contributed by atoms with van der Waals surface area (Å²) in [6, 6.07) is 6.46. The number of nitrogens with zero attached hydrogens (tertiary/aromatic N) is 4. The number of methoxy groups -OCH3 is 2. The molecule has 2 aromatic rings. The van der Waals surface area contributed by atoms with Crippen LogP contribution in [0.4, 0.5) is 0 Å². The molecule has 30 heavy (non-hydrogen) atoms. The van der Waals surface area contributed by atoms with Crippen molar-refractivity contribution in [2.75, 3.05) is 40.4 Å². The molecule has 2 unspecified atom stereocenters. The van der Waals surface area contributed by atoms with Gasteiger partial charge >= 0.3 is 0 Å². The van der Waals surface area contributed by atoms with Crippen LogP contribution >= 0.6 is 24.0 Å². The van der Waals surface area contributed by atoms with Crippen molar-refractivity contribution in [3.05, 3.63) is 42.5 Å². The Morgan fingerprint density at radius 1 is 1.27 bits per heavy atom. The molecule has 0 bridgehead atoms. The number of likely N-dealkylation sites (tertiary alicyclic amines) is 1. The van der Waals surface area contributed by atoms with Crippen LogP contribution in [0.25, 0.3) is 0 Å². The highest BCUT2D eigenvalue weighted by molar-refractivity contribution is 14.0. The Labute approximate surface area is 196 Å². The molecule has 1 saturated heterocycles. The van der Waals surface area contributed by atoms with Crippen LogP contribution in [0.3, 0.4) is 0 Å². The fourth-order valence-electron chi connectivity index (χ4n) is 3.85. The molecule has 1 aromatic heterocycles. The number of rotatable bonds is 7. The van der Waals surface area contributed by atoms with Crippen molar-refractivity contribution in [2.24, 2.45) is 10.9 Å². The molecular formula is C22H34IN5O2. The predicted octanol–water partition coefficient (Wildman–Crippen LogP) is 3.61. The largest absolute Gasteiger partial charge is 0.493 e. The van der Waals surface area contributed by atoms with E-state index in [1.54, 1.807) is 14.2 Å². The molecule has 1 N–H and O–H groups in total. The Balaban J connectivity index is 0.00000320. The van der Waals surface area contributed by atoms with Crippen LogP contribution in [0.2, 0.25) is 0 Å². The Morgan fingerprint density at radius 3 is 2.73 bits per heavy atom. The number of hydrogen-bond acceptors (Lipinski definition) is 4. The summed E-state index contributed by atoms with van der Waals surface area (Å²) in [5, 5.41) is 3.47. The number of hydrogen-bond donors (Lipinski definition) is 1. The second-order valence-electron chi connectivity index (χ2n) is 7.46. The SMILES string of the molecule is CCNC(=NCCc1ccc(OC)c(OC)c1)N1CCC(C)C(n2ccnc2)C1.I. The van der Waals surface area contributed by atoms with Gasteiger partial charge in [0.2, 0.25) is 0 Å². The number of nitrogens with one attached hydrogen (secondary N) is 1. The molecule has 3 rings (SSSR count). The molecule has 166 valence electrons. The number of aliphatic imine (C=N–C) groups is 1. The maximum absolute atomic E-state index is 5.41. The van der Waals surface area contributed by atoms with E-state index in [0.717, 1.165) is 56.5 Å². The lowest BCUT2D eigenvalue weighted by Gasteiger charge is -2.39. The summed E-state index contributed by atoms with van der Waals surface area (Å²) >= 11 is 0. The molecule has 0 spiro atoms. The number of guanidine groups is 1. The first-order valence-electron chi connectivity index (χ1n) is 10.4. The van der Waals surface area contributed by atoms with Gasteiger partial charge in [-0.15, -0.1) is 24.0 Å². The number of benzene rings is 1. The predicted molar refractivity (Wildman–Crippen MR) is 131 cm³/mol. The average Bonchev–Trinajstić information content (AvgIpc) is 3.28. The molecule has 0 saturated carbocycles. The summed E-state index contributed by atoms with van der Waals surface area (Å²) < 4.78 is 13.0. The van der Waals surface area contributed by atoms with Crippen molar-refractivity contribution < 1.29 is 9.47 Å². The number of piperidine rings is 1. The van der Waals surface area contributed by atoms with E-state index >= 15 is 0 Å². The van der Waals surface area contributed by atoms with Gasteiger partial charge in [0.05, 0.1) is 26.6 Å². The number of aromatic nitrogens is 2. The van der Waals surface area contributed by atoms with Crippen molar-refractivity contribution in [3.63, 3.8) is 0 Å². The van der Waals surface area contributed by atoms with Crippen molar-refractivity contribution in [1.29, 1.82) is 0 Å². The van der Waals surface area contributed by atoms with Crippen molar-refractivity contribution in [1.82, 2.24) is 19.8 Å². The average molecular weight is 527 g/mol. The summed E-state index contributed by atoms with van der Waals surface area (Å²) in [6.07, 6.45) is 7.83. The third-order valence-corrected chi connectivity index (χ3v) is 5.57. The summed E-state index contributed by atoms with van der Waals surface area (Å²) in [5.74, 6) is 3.12. The highest BCUT2D eigenvalue weighted by atomic mass is 127. The van der Waals surface area contributed by atoms with Crippen LogP contribution in [0, 0.1) is 5.92 Å². The Hall–Kier alpha value is -1.97. The minimum atomic E-state index is 0. The summed E-state index contributed by atoms with van der Waals surface area (Å²) in [4.78, 5) is 11.5. The van der Waals surface area contributed by atoms with E-state index in [9.17, 15) is 0 Å². The molecule has 2 atom stereocenters. The standard InChI is InChI=1S/C22H33N5O2.HI/c1-5-24-22(25-10-8-18-6-7-20(28-3)21(14-18)29-4)26-12-9-17(2)19(15-26)27-13-11-23-16-27;/h6-7,11,13-14,16-17,19H,5,8-10,12,15H2,1-4H3,(H,24,25);1H. The Kier molecular flexibility index (Phi) is 9.74. The topological polar surface area (TPSA) is 63.9 Å². The van der Waals surface area contributed by atoms with E-state index in [1.807, 2.05) is 24.7 Å². The van der Waals surface area contributed by atoms with E-state index in [1.165, 1.54) is 5.56 Å². The van der Waals surface area contributed by atoms with Gasteiger partial charge in [-0.2, -0.15) is 0 Å². The van der Waals surface area contributed by atoms with Crippen LogP contribution in [0.1, 0.15) is 31.9 Å². The minimum absolute atomic E-state index is 0. The van der Waals surface area contributed by atoms with Crippen molar-refractivity contribution in [2.45, 2.75) is 32.7 Å². The van der Waals surface area contributed by atoms with Crippen LogP contribution in [0.15, 0.2) is 41.9 Å². The smallest absolute Gasteiger partial charge is 0.193 e. The molecular weight excluding hydrogens is 493 g/mol. The van der Waals surface area contributed by atoms with Gasteiger partial charge in [0, 0.05) is 38.6 Å². The van der Waals surface area contributed by atoms with Gasteiger partial charge < -0.3 is 24.3 Å². The summed E-state index contributed by atoms with van der Waals surface area (Å²) in [7, 11) is 3.32. The van der Waals surface area contributed by atoms with Crippen LogP contribution in [-0.4, -0.2) is 60.8 Å². The van der Waals surface area contributed by atoms with Crippen LogP contribution < -0.4 is 14.8 Å². The van der Waals surface area contributed by atoms with Gasteiger partial charge in [0.1, 0.15) is 0 Å². The van der Waals surface area contributed by atoms with Crippen LogP contribution in [0.5, 0.6) is 11.5 Å². The maximum atomic E-state index is 5.41. The molecule has 1 aliphatic rings. The van der Waals surface area contributed by atoms with E-state index in [4.69, 9.17) is 14.5 Å². The van der Waals surface area contributed by atoms with Gasteiger partial charge in [0.15, 0.2) is 17.5 Å². The zero-order valence-corrected chi connectivity index (χ0v) is 20.7. The zero-order chi connectivity index (χ0) is 20.6. The molecule has 1 aliphatic heterocycles. The van der Waals surface area contributed by atoms with Gasteiger partial charge in [-0.05, 0) is 43.4 Å². The fraction of sp³-hybridized carbons (Fsp3) is 0.545. The minimum Gasteiger partial charge on any atom is -0.493 e. The van der Waals surface area contributed by atoms with E-state index in [2.05, 4.69) is 45.9 Å². The quantitative estimate of drug-likeness (QED) is 0.339. The molecule has 0 radical (unpaired) electrons. The van der Waals surface area contributed by atoms with Gasteiger partial charge in [-0.25, -0.2) is 4.98 Å². The first-order chi connectivity index (χ1) is 14.2. The lowest BCUT2D eigenvalue weighted by molar-refractivity contribution is 0.189. The number of halogens is 1. The number of ether oxygens (including phenoxy) is 2. The Bertz CT molecular complexity index is 797. The molecule has 7 nitrogen and oxygen atoms in total. The first-order valence-corrected chi connectivity index (χ1v) is 10.4. The van der Waals surface area contributed by atoms with Gasteiger partial charge in [-0.1, -0.05) is 13.0 Å². The van der Waals surface area contributed by atoms with E-state index < -0.39 is 0 Å². The lowest BCUT2D eigenvalue weighted by atomic mass is 9.93. The summed E-state index contributed by atoms with van der Waals surface area (Å²) in [6.45, 7) is 7.98.